The molecule has 5 aromatic carbocycles. The SMILES string of the molecule is O=c1c2cc3c(cc2n(-c2ccccc2)c(=O)n1-c1ccccc1)c1ccccc1n3-c1ccccc1. The zero-order valence-corrected chi connectivity index (χ0v) is 19.8. The molecule has 0 amide bonds. The van der Waals surface area contributed by atoms with Crippen LogP contribution in [0.15, 0.2) is 137 Å². The number of hydrogen-bond acceptors (Lipinski definition) is 2. The molecule has 0 aliphatic carbocycles. The molecule has 2 heterocycles. The van der Waals surface area contributed by atoms with Gasteiger partial charge in [-0.2, -0.15) is 0 Å². The van der Waals surface area contributed by atoms with E-state index in [1.165, 1.54) is 4.57 Å². The molecule has 5 heteroatoms. The Kier molecular flexibility index (Phi) is 4.69. The first-order valence-electron chi connectivity index (χ1n) is 12.1. The van der Waals surface area contributed by atoms with Crippen molar-refractivity contribution < 1.29 is 0 Å². The molecule has 0 radical (unpaired) electrons. The molecule has 7 aromatic rings. The third kappa shape index (κ3) is 3.18. The summed E-state index contributed by atoms with van der Waals surface area (Å²) in [5.74, 6) is 0. The maximum absolute atomic E-state index is 14.0. The Morgan fingerprint density at radius 1 is 0.378 bits per heavy atom. The van der Waals surface area contributed by atoms with Crippen LogP contribution < -0.4 is 11.2 Å². The molecule has 0 spiro atoms. The van der Waals surface area contributed by atoms with E-state index < -0.39 is 5.69 Å². The van der Waals surface area contributed by atoms with Gasteiger partial charge in [-0.05, 0) is 54.6 Å². The van der Waals surface area contributed by atoms with Gasteiger partial charge in [0.15, 0.2) is 0 Å². The summed E-state index contributed by atoms with van der Waals surface area (Å²) in [5, 5.41) is 2.51. The highest BCUT2D eigenvalue weighted by Crippen LogP contribution is 2.34. The van der Waals surface area contributed by atoms with Gasteiger partial charge in [0, 0.05) is 16.5 Å². The molecular formula is C32H21N3O2. The van der Waals surface area contributed by atoms with Gasteiger partial charge in [-0.15, -0.1) is 0 Å². The number of fused-ring (bicyclic) bond motifs is 4. The highest BCUT2D eigenvalue weighted by molar-refractivity contribution is 6.13. The van der Waals surface area contributed by atoms with Gasteiger partial charge in [-0.25, -0.2) is 9.36 Å². The Balaban J connectivity index is 1.71. The Bertz CT molecular complexity index is 2050. The first-order valence-corrected chi connectivity index (χ1v) is 12.1. The number of rotatable bonds is 3. The van der Waals surface area contributed by atoms with Crippen LogP contribution in [0.3, 0.4) is 0 Å². The molecule has 0 atom stereocenters. The van der Waals surface area contributed by atoms with Crippen LogP contribution in [-0.4, -0.2) is 13.7 Å². The third-order valence-corrected chi connectivity index (χ3v) is 6.89. The maximum atomic E-state index is 14.0. The van der Waals surface area contributed by atoms with Gasteiger partial charge < -0.3 is 4.57 Å². The fraction of sp³-hybridized carbons (Fsp3) is 0. The largest absolute Gasteiger partial charge is 0.340 e. The lowest BCUT2D eigenvalue weighted by molar-refractivity contribution is 0.835. The van der Waals surface area contributed by atoms with E-state index in [2.05, 4.69) is 28.8 Å². The predicted octanol–water partition coefficient (Wildman–Crippen LogP) is 6.24. The topological polar surface area (TPSA) is 48.9 Å². The Labute approximate surface area is 211 Å². The van der Waals surface area contributed by atoms with Crippen molar-refractivity contribution in [1.29, 1.82) is 0 Å². The summed E-state index contributed by atoms with van der Waals surface area (Å²) in [6.45, 7) is 0. The minimum absolute atomic E-state index is 0.342. The molecule has 0 aliphatic heterocycles. The number of benzene rings is 5. The van der Waals surface area contributed by atoms with Crippen LogP contribution in [0.4, 0.5) is 0 Å². The van der Waals surface area contributed by atoms with E-state index in [9.17, 15) is 9.59 Å². The first kappa shape index (κ1) is 21.1. The summed E-state index contributed by atoms with van der Waals surface area (Å²) < 4.78 is 5.07. The lowest BCUT2D eigenvalue weighted by atomic mass is 10.1. The average Bonchev–Trinajstić information content (AvgIpc) is 3.27. The minimum Gasteiger partial charge on any atom is -0.309 e. The first-order chi connectivity index (χ1) is 18.2. The number of aromatic nitrogens is 3. The van der Waals surface area contributed by atoms with Gasteiger partial charge >= 0.3 is 5.69 Å². The molecule has 176 valence electrons. The van der Waals surface area contributed by atoms with Crippen molar-refractivity contribution in [3.63, 3.8) is 0 Å². The summed E-state index contributed by atoms with van der Waals surface area (Å²) in [7, 11) is 0. The summed E-state index contributed by atoms with van der Waals surface area (Å²) >= 11 is 0. The fourth-order valence-electron chi connectivity index (χ4n) is 5.26. The standard InChI is InChI=1S/C32H21N3O2/c36-31-27-21-29-26(25-18-10-11-19-28(25)33(29)22-12-4-1-5-13-22)20-30(27)34(23-14-6-2-7-15-23)32(37)35(31)24-16-8-3-9-17-24/h1-21H. The van der Waals surface area contributed by atoms with Crippen LogP contribution in [-0.2, 0) is 0 Å². The van der Waals surface area contributed by atoms with Gasteiger partial charge in [0.2, 0.25) is 0 Å². The normalized spacial score (nSPS) is 11.5. The molecule has 7 rings (SSSR count). The van der Waals surface area contributed by atoms with Crippen LogP contribution in [0, 0.1) is 0 Å². The summed E-state index contributed by atoms with van der Waals surface area (Å²) in [5.41, 5.74) is 4.03. The minimum atomic E-state index is -0.402. The second-order valence-electron chi connectivity index (χ2n) is 9.00. The molecule has 0 unspecified atom stereocenters. The van der Waals surface area contributed by atoms with Crippen molar-refractivity contribution in [2.75, 3.05) is 0 Å². The predicted molar refractivity (Wildman–Crippen MR) is 149 cm³/mol. The van der Waals surface area contributed by atoms with Crippen LogP contribution in [0.2, 0.25) is 0 Å². The van der Waals surface area contributed by atoms with Crippen molar-refractivity contribution in [2.45, 2.75) is 0 Å². The molecule has 5 nitrogen and oxygen atoms in total. The molecule has 0 saturated carbocycles. The zero-order chi connectivity index (χ0) is 24.9. The molecule has 0 fully saturated rings. The summed E-state index contributed by atoms with van der Waals surface area (Å²) in [4.78, 5) is 27.9. The van der Waals surface area contributed by atoms with E-state index in [1.54, 1.807) is 16.7 Å². The highest BCUT2D eigenvalue weighted by atomic mass is 16.2. The van der Waals surface area contributed by atoms with Gasteiger partial charge in [0.1, 0.15) is 0 Å². The monoisotopic (exact) mass is 479 g/mol. The second-order valence-corrected chi connectivity index (χ2v) is 9.00. The molecule has 0 N–H and O–H groups in total. The van der Waals surface area contributed by atoms with Crippen molar-refractivity contribution in [3.05, 3.63) is 148 Å². The molecule has 2 aromatic heterocycles. The highest BCUT2D eigenvalue weighted by Gasteiger charge is 2.20. The van der Waals surface area contributed by atoms with E-state index in [1.807, 2.05) is 91.0 Å². The fourth-order valence-corrected chi connectivity index (χ4v) is 5.26. The van der Waals surface area contributed by atoms with E-state index in [4.69, 9.17) is 0 Å². The van der Waals surface area contributed by atoms with E-state index in [0.29, 0.717) is 22.3 Å². The number of hydrogen-bond donors (Lipinski definition) is 0. The average molecular weight is 480 g/mol. The third-order valence-electron chi connectivity index (χ3n) is 6.89. The lowest BCUT2D eigenvalue weighted by Gasteiger charge is -2.15. The van der Waals surface area contributed by atoms with Crippen LogP contribution in [0.25, 0.3) is 49.8 Å². The quantitative estimate of drug-likeness (QED) is 0.301. The zero-order valence-electron chi connectivity index (χ0n) is 19.8. The summed E-state index contributed by atoms with van der Waals surface area (Å²) in [6.07, 6.45) is 0. The van der Waals surface area contributed by atoms with Crippen LogP contribution in [0.5, 0.6) is 0 Å². The van der Waals surface area contributed by atoms with Crippen molar-refractivity contribution in [2.24, 2.45) is 0 Å². The van der Waals surface area contributed by atoms with Crippen molar-refractivity contribution in [3.8, 4) is 17.1 Å². The Morgan fingerprint density at radius 2 is 0.838 bits per heavy atom. The molecule has 0 bridgehead atoms. The van der Waals surface area contributed by atoms with E-state index >= 15 is 0 Å². The van der Waals surface area contributed by atoms with Crippen LogP contribution in [0.1, 0.15) is 0 Å². The molecule has 0 saturated heterocycles. The second kappa shape index (κ2) is 8.21. The van der Waals surface area contributed by atoms with Gasteiger partial charge in [0.05, 0.1) is 33.3 Å². The van der Waals surface area contributed by atoms with Crippen molar-refractivity contribution >= 4 is 32.7 Å². The van der Waals surface area contributed by atoms with Crippen LogP contribution >= 0.6 is 0 Å². The Hall–Kier alpha value is -5.16. The van der Waals surface area contributed by atoms with Gasteiger partial charge in [-0.1, -0.05) is 72.8 Å². The van der Waals surface area contributed by atoms with E-state index in [0.717, 1.165) is 27.5 Å². The summed E-state index contributed by atoms with van der Waals surface area (Å²) in [6, 6.07) is 40.8. The molecular weight excluding hydrogens is 458 g/mol. The van der Waals surface area contributed by atoms with E-state index in [-0.39, 0.29) is 5.56 Å². The Morgan fingerprint density at radius 3 is 1.46 bits per heavy atom. The number of nitrogens with zero attached hydrogens (tertiary/aromatic N) is 3. The number of para-hydroxylation sites is 4. The molecule has 37 heavy (non-hydrogen) atoms. The smallest absolute Gasteiger partial charge is 0.309 e. The van der Waals surface area contributed by atoms with Gasteiger partial charge in [-0.3, -0.25) is 9.36 Å². The molecule has 0 aliphatic rings. The maximum Gasteiger partial charge on any atom is 0.340 e. The van der Waals surface area contributed by atoms with Gasteiger partial charge in [0.25, 0.3) is 5.56 Å². The lowest BCUT2D eigenvalue weighted by Crippen LogP contribution is -2.38. The van der Waals surface area contributed by atoms with Crippen molar-refractivity contribution in [1.82, 2.24) is 13.7 Å².